The van der Waals surface area contributed by atoms with Crippen molar-refractivity contribution in [1.82, 2.24) is 9.80 Å². The lowest BCUT2D eigenvalue weighted by Crippen LogP contribution is -2.28. The zero-order valence-electron chi connectivity index (χ0n) is 22.6. The number of aliphatic hydroxyl groups is 2. The highest BCUT2D eigenvalue weighted by Crippen LogP contribution is 2.39. The van der Waals surface area contributed by atoms with Crippen LogP contribution in [0.4, 0.5) is 9.59 Å². The monoisotopic (exact) mass is 566 g/mol. The second kappa shape index (κ2) is 12.3. The van der Waals surface area contributed by atoms with Crippen molar-refractivity contribution < 1.29 is 34.8 Å². The van der Waals surface area contributed by atoms with Gasteiger partial charge in [-0.2, -0.15) is 0 Å². The first kappa shape index (κ1) is 28.5. The summed E-state index contributed by atoms with van der Waals surface area (Å²) in [7, 11) is 0. The lowest BCUT2D eigenvalue weighted by Gasteiger charge is -2.22. The van der Waals surface area contributed by atoms with Crippen LogP contribution in [0.1, 0.15) is 61.5 Å². The summed E-state index contributed by atoms with van der Waals surface area (Å²) < 4.78 is 0. The zero-order chi connectivity index (χ0) is 29.8. The van der Waals surface area contributed by atoms with E-state index >= 15 is 0 Å². The predicted molar refractivity (Wildman–Crippen MR) is 154 cm³/mol. The fourth-order valence-electron chi connectivity index (χ4n) is 5.24. The van der Waals surface area contributed by atoms with Gasteiger partial charge in [-0.3, -0.25) is 14.6 Å². The van der Waals surface area contributed by atoms with Crippen molar-refractivity contribution >= 4 is 18.0 Å². The van der Waals surface area contributed by atoms with Crippen LogP contribution in [-0.2, 0) is 26.2 Å². The number of fused-ring (bicyclic) bond motifs is 2. The van der Waals surface area contributed by atoms with Crippen LogP contribution in [0.5, 0.6) is 0 Å². The van der Waals surface area contributed by atoms with Crippen LogP contribution < -0.4 is 0 Å². The second-order valence-electron chi connectivity index (χ2n) is 10.3. The molecule has 9 nitrogen and oxygen atoms in total. The molecule has 5 rings (SSSR count). The number of carboxylic acid groups (broad SMARTS) is 2. The van der Waals surface area contributed by atoms with Crippen molar-refractivity contribution in [3.05, 3.63) is 142 Å². The van der Waals surface area contributed by atoms with Gasteiger partial charge in [0, 0.05) is 37.3 Å². The van der Waals surface area contributed by atoms with Gasteiger partial charge in [0.05, 0.1) is 0 Å². The van der Waals surface area contributed by atoms with E-state index in [0.29, 0.717) is 11.1 Å². The maximum Gasteiger partial charge on any atom is 0.407 e. The van der Waals surface area contributed by atoms with Crippen LogP contribution in [0.3, 0.4) is 0 Å². The summed E-state index contributed by atoms with van der Waals surface area (Å²) in [6.07, 6.45) is -5.17. The second-order valence-corrected chi connectivity index (χ2v) is 10.3. The van der Waals surface area contributed by atoms with Gasteiger partial charge in [0.15, 0.2) is 5.78 Å². The molecule has 4 N–H and O–H groups in total. The molecule has 0 bridgehead atoms. The van der Waals surface area contributed by atoms with Crippen molar-refractivity contribution in [2.24, 2.45) is 0 Å². The van der Waals surface area contributed by atoms with E-state index in [2.05, 4.69) is 0 Å². The molecule has 214 valence electrons. The SMILES string of the molecule is O=C1c2ccc(CN(Cc3ccccc3)C(=O)O)cc2[C@@H](O)[C@@H](O)c2cc(CN(Cc3ccccc3)C(=O)O)ccc21. The number of rotatable bonds is 8. The Kier molecular flexibility index (Phi) is 8.33. The molecule has 1 aliphatic carbocycles. The van der Waals surface area contributed by atoms with Crippen LogP contribution >= 0.6 is 0 Å². The molecule has 0 saturated heterocycles. The maximum absolute atomic E-state index is 13.6. The first-order valence-electron chi connectivity index (χ1n) is 13.4. The Morgan fingerprint density at radius 1 is 0.548 bits per heavy atom. The van der Waals surface area contributed by atoms with Crippen molar-refractivity contribution in [1.29, 1.82) is 0 Å². The van der Waals surface area contributed by atoms with E-state index in [9.17, 15) is 34.8 Å². The summed E-state index contributed by atoms with van der Waals surface area (Å²) in [6, 6.07) is 27.8. The zero-order valence-corrected chi connectivity index (χ0v) is 22.6. The summed E-state index contributed by atoms with van der Waals surface area (Å²) >= 11 is 0. The molecule has 0 heterocycles. The minimum atomic E-state index is -1.47. The first-order chi connectivity index (χ1) is 20.2. The third-order valence-electron chi connectivity index (χ3n) is 7.38. The van der Waals surface area contributed by atoms with Gasteiger partial charge in [-0.1, -0.05) is 97.1 Å². The molecule has 0 spiro atoms. The Morgan fingerprint density at radius 3 is 1.26 bits per heavy atom. The number of hydrogen-bond donors (Lipinski definition) is 4. The van der Waals surface area contributed by atoms with Crippen molar-refractivity contribution in [2.45, 2.75) is 38.4 Å². The summed E-state index contributed by atoms with van der Waals surface area (Å²) in [6.45, 7) is 0.336. The molecular formula is C33H30N2O7. The highest BCUT2D eigenvalue weighted by Gasteiger charge is 2.33. The van der Waals surface area contributed by atoms with Gasteiger partial charge in [0.1, 0.15) is 12.2 Å². The highest BCUT2D eigenvalue weighted by atomic mass is 16.4. The molecule has 4 aromatic carbocycles. The van der Waals surface area contributed by atoms with E-state index in [-0.39, 0.29) is 48.4 Å². The Bertz CT molecular complexity index is 1490. The van der Waals surface area contributed by atoms with E-state index in [1.807, 2.05) is 60.7 Å². The molecule has 42 heavy (non-hydrogen) atoms. The number of amides is 2. The quantitative estimate of drug-likeness (QED) is 0.225. The summed E-state index contributed by atoms with van der Waals surface area (Å²) in [5.41, 5.74) is 3.55. The average molecular weight is 567 g/mol. The van der Waals surface area contributed by atoms with E-state index in [0.717, 1.165) is 11.1 Å². The lowest BCUT2D eigenvalue weighted by atomic mass is 9.95. The fourth-order valence-corrected chi connectivity index (χ4v) is 5.24. The van der Waals surface area contributed by atoms with Gasteiger partial charge in [-0.05, 0) is 33.4 Å². The molecule has 0 unspecified atom stereocenters. The molecule has 9 heteroatoms. The largest absolute Gasteiger partial charge is 0.465 e. The van der Waals surface area contributed by atoms with E-state index in [1.165, 1.54) is 9.80 Å². The Morgan fingerprint density at radius 2 is 0.905 bits per heavy atom. The summed E-state index contributed by atoms with van der Waals surface area (Å²) in [5.74, 6) is -0.396. The molecule has 1 aliphatic rings. The fraction of sp³-hybridized carbons (Fsp3) is 0.182. The van der Waals surface area contributed by atoms with Crippen LogP contribution in [0.15, 0.2) is 97.1 Å². The van der Waals surface area contributed by atoms with Crippen molar-refractivity contribution in [3.63, 3.8) is 0 Å². The van der Waals surface area contributed by atoms with E-state index in [1.54, 1.807) is 36.4 Å². The van der Waals surface area contributed by atoms with Gasteiger partial charge in [0.25, 0.3) is 0 Å². The lowest BCUT2D eigenvalue weighted by molar-refractivity contribution is 0.0175. The normalized spacial score (nSPS) is 15.7. The first-order valence-corrected chi connectivity index (χ1v) is 13.4. The summed E-state index contributed by atoms with van der Waals surface area (Å²) in [5, 5.41) is 42.0. The molecule has 0 saturated carbocycles. The number of carbonyl (C=O) groups excluding carboxylic acids is 1. The van der Waals surface area contributed by atoms with Crippen LogP contribution in [-0.4, -0.2) is 48.2 Å². The predicted octanol–water partition coefficient (Wildman–Crippen LogP) is 5.36. The average Bonchev–Trinajstić information content (AvgIpc) is 3.06. The number of nitrogens with zero attached hydrogens (tertiary/aromatic N) is 2. The number of aliphatic hydroxyl groups excluding tert-OH is 2. The molecular weight excluding hydrogens is 536 g/mol. The summed E-state index contributed by atoms with van der Waals surface area (Å²) in [4.78, 5) is 39.9. The topological polar surface area (TPSA) is 139 Å². The van der Waals surface area contributed by atoms with Gasteiger partial charge in [-0.15, -0.1) is 0 Å². The standard InChI is InChI=1S/C33H30N2O7/c36-29-25-13-11-23(19-34(32(39)40)17-21-7-3-1-4-8-21)15-27(25)30(37)31(38)28-16-24(12-14-26(28)29)20-35(33(41)42)18-22-9-5-2-6-10-22/h1-16,30-31,37-38H,17-20H2,(H,39,40)(H,41,42)/t30-,31+. The third-order valence-corrected chi connectivity index (χ3v) is 7.38. The maximum atomic E-state index is 13.6. The number of carbonyl (C=O) groups is 3. The molecule has 0 radical (unpaired) electrons. The van der Waals surface area contributed by atoms with E-state index in [4.69, 9.17) is 0 Å². The van der Waals surface area contributed by atoms with Crippen LogP contribution in [0.2, 0.25) is 0 Å². The van der Waals surface area contributed by atoms with Gasteiger partial charge in [-0.25, -0.2) is 9.59 Å². The van der Waals surface area contributed by atoms with Gasteiger partial charge in [0.2, 0.25) is 0 Å². The third kappa shape index (κ3) is 6.17. The Labute approximate surface area is 242 Å². The molecule has 4 aromatic rings. The van der Waals surface area contributed by atoms with Crippen LogP contribution in [0.25, 0.3) is 0 Å². The minimum absolute atomic E-state index is 0.0120. The molecule has 0 aromatic heterocycles. The highest BCUT2D eigenvalue weighted by molar-refractivity contribution is 6.11. The number of benzene rings is 4. The van der Waals surface area contributed by atoms with Gasteiger partial charge >= 0.3 is 12.2 Å². The minimum Gasteiger partial charge on any atom is -0.465 e. The smallest absolute Gasteiger partial charge is 0.407 e. The Balaban J connectivity index is 1.40. The van der Waals surface area contributed by atoms with Crippen molar-refractivity contribution in [3.8, 4) is 0 Å². The van der Waals surface area contributed by atoms with Crippen LogP contribution in [0, 0.1) is 0 Å². The molecule has 0 fully saturated rings. The molecule has 0 aliphatic heterocycles. The molecule has 2 amide bonds. The number of hydrogen-bond acceptors (Lipinski definition) is 5. The van der Waals surface area contributed by atoms with E-state index < -0.39 is 30.2 Å². The molecule has 2 atom stereocenters. The number of ketones is 1. The van der Waals surface area contributed by atoms with Crippen molar-refractivity contribution in [2.75, 3.05) is 0 Å². The Hall–Kier alpha value is -4.99. The van der Waals surface area contributed by atoms with Gasteiger partial charge < -0.3 is 20.4 Å².